The molecule has 0 bridgehead atoms. The van der Waals surface area contributed by atoms with Gasteiger partial charge in [-0.05, 0) is 20.3 Å². The molecule has 1 saturated carbocycles. The second-order valence-electron chi connectivity index (χ2n) is 6.39. The van der Waals surface area contributed by atoms with Crippen molar-refractivity contribution in [1.29, 1.82) is 0 Å². The Kier molecular flexibility index (Phi) is 3.06. The maximum Gasteiger partial charge on any atom is 0.0746 e. The number of hydrogen-bond donors (Lipinski definition) is 1. The lowest BCUT2D eigenvalue weighted by Crippen LogP contribution is -2.67. The maximum atomic E-state index is 5.78. The lowest BCUT2D eigenvalue weighted by atomic mass is 9.57. The standard InChI is InChI=1S/C13H25NO2/c1-12(2,15-5)8-14-10-9-6-7-16-11(9)13(10,3)4/h9-11,14H,6-8H2,1-5H3. The molecule has 0 radical (unpaired) electrons. The predicted molar refractivity (Wildman–Crippen MR) is 64.5 cm³/mol. The van der Waals surface area contributed by atoms with Crippen LogP contribution >= 0.6 is 0 Å². The van der Waals surface area contributed by atoms with E-state index in [-0.39, 0.29) is 11.0 Å². The molecule has 3 heteroatoms. The Morgan fingerprint density at radius 2 is 2.12 bits per heavy atom. The largest absolute Gasteiger partial charge is 0.377 e. The number of ether oxygens (including phenoxy) is 2. The minimum atomic E-state index is -0.0827. The molecule has 2 aliphatic rings. The third kappa shape index (κ3) is 1.89. The molecule has 2 rings (SSSR count). The molecule has 3 nitrogen and oxygen atoms in total. The molecular formula is C13H25NO2. The van der Waals surface area contributed by atoms with Gasteiger partial charge in [-0.15, -0.1) is 0 Å². The average Bonchev–Trinajstić information content (AvgIpc) is 2.64. The second-order valence-corrected chi connectivity index (χ2v) is 6.39. The average molecular weight is 227 g/mol. The zero-order valence-electron chi connectivity index (χ0n) is 11.2. The van der Waals surface area contributed by atoms with Gasteiger partial charge in [0, 0.05) is 37.6 Å². The molecule has 3 atom stereocenters. The molecule has 2 fully saturated rings. The zero-order valence-corrected chi connectivity index (χ0v) is 11.2. The number of nitrogens with one attached hydrogen (secondary N) is 1. The third-order valence-electron chi connectivity index (χ3n) is 4.40. The molecule has 0 aromatic carbocycles. The topological polar surface area (TPSA) is 30.5 Å². The summed E-state index contributed by atoms with van der Waals surface area (Å²) in [6.07, 6.45) is 1.68. The summed E-state index contributed by atoms with van der Waals surface area (Å²) in [5.74, 6) is 0.711. The van der Waals surface area contributed by atoms with Gasteiger partial charge in [0.2, 0.25) is 0 Å². The van der Waals surface area contributed by atoms with Crippen LogP contribution in [0.5, 0.6) is 0 Å². The second kappa shape index (κ2) is 3.97. The highest BCUT2D eigenvalue weighted by atomic mass is 16.5. The molecule has 94 valence electrons. The van der Waals surface area contributed by atoms with Crippen LogP contribution in [0.3, 0.4) is 0 Å². The normalized spacial score (nSPS) is 36.9. The van der Waals surface area contributed by atoms with Gasteiger partial charge in [-0.2, -0.15) is 0 Å². The van der Waals surface area contributed by atoms with E-state index >= 15 is 0 Å². The quantitative estimate of drug-likeness (QED) is 0.794. The van der Waals surface area contributed by atoms with Crippen molar-refractivity contribution in [1.82, 2.24) is 5.32 Å². The fourth-order valence-corrected chi connectivity index (χ4v) is 3.17. The predicted octanol–water partition coefficient (Wildman–Crippen LogP) is 1.81. The fourth-order valence-electron chi connectivity index (χ4n) is 3.17. The van der Waals surface area contributed by atoms with Gasteiger partial charge in [-0.1, -0.05) is 13.8 Å². The highest BCUT2D eigenvalue weighted by Crippen LogP contribution is 2.52. The van der Waals surface area contributed by atoms with E-state index < -0.39 is 0 Å². The number of rotatable bonds is 4. The maximum absolute atomic E-state index is 5.78. The Labute approximate surface area is 98.9 Å². The molecule has 1 heterocycles. The van der Waals surface area contributed by atoms with Gasteiger partial charge < -0.3 is 14.8 Å². The molecule has 3 unspecified atom stereocenters. The Balaban J connectivity index is 1.91. The van der Waals surface area contributed by atoms with Gasteiger partial charge in [0.1, 0.15) is 0 Å². The van der Waals surface area contributed by atoms with Crippen molar-refractivity contribution in [3.63, 3.8) is 0 Å². The summed E-state index contributed by atoms with van der Waals surface area (Å²) < 4.78 is 11.2. The van der Waals surface area contributed by atoms with Crippen molar-refractivity contribution in [2.75, 3.05) is 20.3 Å². The summed E-state index contributed by atoms with van der Waals surface area (Å²) in [6.45, 7) is 10.7. The molecule has 1 N–H and O–H groups in total. The summed E-state index contributed by atoms with van der Waals surface area (Å²) in [5.41, 5.74) is 0.186. The minimum absolute atomic E-state index is 0.0827. The van der Waals surface area contributed by atoms with Gasteiger partial charge >= 0.3 is 0 Å². The third-order valence-corrected chi connectivity index (χ3v) is 4.40. The van der Waals surface area contributed by atoms with Gasteiger partial charge in [0.15, 0.2) is 0 Å². The highest BCUT2D eigenvalue weighted by molar-refractivity contribution is 5.11. The van der Waals surface area contributed by atoms with Crippen molar-refractivity contribution >= 4 is 0 Å². The van der Waals surface area contributed by atoms with Crippen LogP contribution in [0.2, 0.25) is 0 Å². The molecule has 1 aliphatic carbocycles. The SMILES string of the molecule is COC(C)(C)CNC1C2CCOC2C1(C)C. The molecule has 0 amide bonds. The van der Waals surface area contributed by atoms with Crippen LogP contribution in [0.1, 0.15) is 34.1 Å². The minimum Gasteiger partial charge on any atom is -0.377 e. The smallest absolute Gasteiger partial charge is 0.0746 e. The number of methoxy groups -OCH3 is 1. The first kappa shape index (κ1) is 12.3. The molecular weight excluding hydrogens is 202 g/mol. The van der Waals surface area contributed by atoms with Crippen LogP contribution in [-0.4, -0.2) is 38.0 Å². The molecule has 0 spiro atoms. The summed E-state index contributed by atoms with van der Waals surface area (Å²) in [4.78, 5) is 0. The molecule has 0 aromatic heterocycles. The zero-order chi connectivity index (χ0) is 12.0. The van der Waals surface area contributed by atoms with Crippen LogP contribution in [0.15, 0.2) is 0 Å². The lowest BCUT2D eigenvalue weighted by Gasteiger charge is -2.55. The van der Waals surface area contributed by atoms with Crippen LogP contribution < -0.4 is 5.32 Å². The first-order valence-electron chi connectivity index (χ1n) is 6.28. The fraction of sp³-hybridized carbons (Fsp3) is 1.00. The van der Waals surface area contributed by atoms with Crippen molar-refractivity contribution in [3.8, 4) is 0 Å². The molecule has 0 aromatic rings. The van der Waals surface area contributed by atoms with E-state index in [4.69, 9.17) is 9.47 Å². The van der Waals surface area contributed by atoms with Crippen LogP contribution in [0, 0.1) is 11.3 Å². The molecule has 1 saturated heterocycles. The van der Waals surface area contributed by atoms with Gasteiger partial charge in [-0.3, -0.25) is 0 Å². The lowest BCUT2D eigenvalue weighted by molar-refractivity contribution is -0.117. The van der Waals surface area contributed by atoms with Gasteiger partial charge in [0.25, 0.3) is 0 Å². The Morgan fingerprint density at radius 3 is 2.75 bits per heavy atom. The number of fused-ring (bicyclic) bond motifs is 1. The summed E-state index contributed by atoms with van der Waals surface area (Å²) in [5, 5.41) is 3.67. The summed E-state index contributed by atoms with van der Waals surface area (Å²) in [6, 6.07) is 0.578. The van der Waals surface area contributed by atoms with Crippen molar-refractivity contribution < 1.29 is 9.47 Å². The Hall–Kier alpha value is -0.120. The first-order valence-corrected chi connectivity index (χ1v) is 6.28. The number of hydrogen-bond acceptors (Lipinski definition) is 3. The van der Waals surface area contributed by atoms with E-state index in [1.54, 1.807) is 7.11 Å². The Morgan fingerprint density at radius 1 is 1.44 bits per heavy atom. The van der Waals surface area contributed by atoms with E-state index in [0.717, 1.165) is 13.2 Å². The molecule has 1 aliphatic heterocycles. The van der Waals surface area contributed by atoms with Crippen LogP contribution in [0.25, 0.3) is 0 Å². The van der Waals surface area contributed by atoms with E-state index in [1.165, 1.54) is 6.42 Å². The van der Waals surface area contributed by atoms with Crippen LogP contribution in [0.4, 0.5) is 0 Å². The van der Waals surface area contributed by atoms with Crippen molar-refractivity contribution in [3.05, 3.63) is 0 Å². The first-order chi connectivity index (χ1) is 7.38. The van der Waals surface area contributed by atoms with E-state index in [0.29, 0.717) is 18.1 Å². The summed E-state index contributed by atoms with van der Waals surface area (Å²) in [7, 11) is 1.77. The van der Waals surface area contributed by atoms with E-state index in [2.05, 4.69) is 33.0 Å². The molecule has 16 heavy (non-hydrogen) atoms. The Bertz CT molecular complexity index is 263. The van der Waals surface area contributed by atoms with Gasteiger partial charge in [0.05, 0.1) is 11.7 Å². The van der Waals surface area contributed by atoms with Crippen LogP contribution in [-0.2, 0) is 9.47 Å². The highest BCUT2D eigenvalue weighted by Gasteiger charge is 2.59. The van der Waals surface area contributed by atoms with Crippen molar-refractivity contribution in [2.24, 2.45) is 11.3 Å². The van der Waals surface area contributed by atoms with E-state index in [9.17, 15) is 0 Å². The summed E-state index contributed by atoms with van der Waals surface area (Å²) >= 11 is 0. The monoisotopic (exact) mass is 227 g/mol. The van der Waals surface area contributed by atoms with Crippen molar-refractivity contribution in [2.45, 2.75) is 51.9 Å². The van der Waals surface area contributed by atoms with E-state index in [1.807, 2.05) is 0 Å². The van der Waals surface area contributed by atoms with Gasteiger partial charge in [-0.25, -0.2) is 0 Å².